The largest absolute Gasteiger partial charge is 0.452 e. The van der Waals surface area contributed by atoms with Gasteiger partial charge < -0.3 is 4.74 Å². The fourth-order valence-corrected chi connectivity index (χ4v) is 1.28. The quantitative estimate of drug-likeness (QED) is 0.620. The number of nitrogens with zero attached hydrogens (tertiary/aromatic N) is 2. The van der Waals surface area contributed by atoms with Crippen LogP contribution in [0.2, 0.25) is 0 Å². The lowest BCUT2D eigenvalue weighted by Crippen LogP contribution is -1.95. The van der Waals surface area contributed by atoms with E-state index in [1.54, 1.807) is 13.0 Å². The molecule has 0 aliphatic heterocycles. The van der Waals surface area contributed by atoms with Crippen LogP contribution in [0.25, 0.3) is 0 Å². The Kier molecular flexibility index (Phi) is 4.51. The summed E-state index contributed by atoms with van der Waals surface area (Å²) in [6.07, 6.45) is -0.660. The molecule has 0 aromatic heterocycles. The van der Waals surface area contributed by atoms with Gasteiger partial charge in [0.1, 0.15) is 0 Å². The Balaban J connectivity index is 2.69. The molecule has 1 aromatic carbocycles. The number of benzene rings is 1. The van der Waals surface area contributed by atoms with Gasteiger partial charge in [-0.2, -0.15) is 0 Å². The smallest absolute Gasteiger partial charge is 0.447 e. The van der Waals surface area contributed by atoms with Crippen LogP contribution in [0.1, 0.15) is 6.92 Å². The van der Waals surface area contributed by atoms with Gasteiger partial charge in [-0.25, -0.2) is 4.79 Å². The van der Waals surface area contributed by atoms with E-state index in [9.17, 15) is 4.79 Å². The SMILES string of the molecule is CCOC(=O)N=Nc1ccccc1I. The van der Waals surface area contributed by atoms with Gasteiger partial charge in [-0.15, -0.1) is 5.11 Å². The average Bonchev–Trinajstić information content (AvgIpc) is 2.17. The van der Waals surface area contributed by atoms with E-state index in [0.29, 0.717) is 12.3 Å². The van der Waals surface area contributed by atoms with Crippen LogP contribution >= 0.6 is 22.6 Å². The van der Waals surface area contributed by atoms with E-state index in [2.05, 4.69) is 37.6 Å². The molecule has 74 valence electrons. The fourth-order valence-electron chi connectivity index (χ4n) is 0.780. The van der Waals surface area contributed by atoms with Crippen molar-refractivity contribution < 1.29 is 9.53 Å². The Morgan fingerprint density at radius 1 is 1.50 bits per heavy atom. The zero-order chi connectivity index (χ0) is 10.4. The summed E-state index contributed by atoms with van der Waals surface area (Å²) in [5.74, 6) is 0. The number of azo groups is 1. The molecule has 0 aliphatic carbocycles. The van der Waals surface area contributed by atoms with E-state index >= 15 is 0 Å². The first-order chi connectivity index (χ1) is 6.74. The lowest BCUT2D eigenvalue weighted by atomic mass is 10.3. The van der Waals surface area contributed by atoms with Crippen LogP contribution < -0.4 is 0 Å². The van der Waals surface area contributed by atoms with Gasteiger partial charge in [-0.05, 0) is 41.6 Å². The molecule has 0 N–H and O–H groups in total. The van der Waals surface area contributed by atoms with Crippen LogP contribution in [0.4, 0.5) is 10.5 Å². The Bertz CT molecular complexity index is 352. The number of carbonyl (C=O) groups is 1. The Morgan fingerprint density at radius 3 is 2.86 bits per heavy atom. The zero-order valence-electron chi connectivity index (χ0n) is 7.61. The summed E-state index contributed by atoms with van der Waals surface area (Å²) in [6.45, 7) is 2.03. The van der Waals surface area contributed by atoms with Crippen molar-refractivity contribution in [2.24, 2.45) is 10.2 Å². The highest BCUT2D eigenvalue weighted by atomic mass is 127. The van der Waals surface area contributed by atoms with Gasteiger partial charge in [0.2, 0.25) is 0 Å². The first kappa shape index (κ1) is 11.1. The van der Waals surface area contributed by atoms with E-state index in [0.717, 1.165) is 3.57 Å². The topological polar surface area (TPSA) is 51.0 Å². The molecule has 0 aliphatic rings. The van der Waals surface area contributed by atoms with Crippen LogP contribution in [0.5, 0.6) is 0 Å². The van der Waals surface area contributed by atoms with Gasteiger partial charge in [0, 0.05) is 3.57 Å². The van der Waals surface area contributed by atoms with E-state index in [-0.39, 0.29) is 0 Å². The van der Waals surface area contributed by atoms with Crippen molar-refractivity contribution in [3.63, 3.8) is 0 Å². The second kappa shape index (κ2) is 5.69. The van der Waals surface area contributed by atoms with Crippen LogP contribution in [0, 0.1) is 3.57 Å². The monoisotopic (exact) mass is 304 g/mol. The summed E-state index contributed by atoms with van der Waals surface area (Å²) >= 11 is 2.12. The zero-order valence-corrected chi connectivity index (χ0v) is 9.76. The fraction of sp³-hybridized carbons (Fsp3) is 0.222. The minimum Gasteiger partial charge on any atom is -0.447 e. The molecule has 5 heteroatoms. The molecule has 0 bridgehead atoms. The van der Waals surface area contributed by atoms with Crippen molar-refractivity contribution >= 4 is 34.4 Å². The molecule has 0 saturated carbocycles. The summed E-state index contributed by atoms with van der Waals surface area (Å²) in [7, 11) is 0. The third-order valence-corrected chi connectivity index (χ3v) is 2.27. The molecule has 0 unspecified atom stereocenters. The summed E-state index contributed by atoms with van der Waals surface area (Å²) in [6, 6.07) is 7.40. The normalized spacial score (nSPS) is 10.4. The molecule has 0 radical (unpaired) electrons. The maximum atomic E-state index is 10.8. The Hall–Kier alpha value is -0.980. The maximum absolute atomic E-state index is 10.8. The second-order valence-electron chi connectivity index (χ2n) is 2.35. The van der Waals surface area contributed by atoms with Crippen molar-refractivity contribution in [3.8, 4) is 0 Å². The molecule has 1 rings (SSSR count). The van der Waals surface area contributed by atoms with Gasteiger partial charge in [0.15, 0.2) is 0 Å². The van der Waals surface area contributed by atoms with Gasteiger partial charge in [0.05, 0.1) is 12.3 Å². The minimum absolute atomic E-state index is 0.309. The summed E-state index contributed by atoms with van der Waals surface area (Å²) < 4.78 is 5.54. The maximum Gasteiger partial charge on any atom is 0.452 e. The third-order valence-electron chi connectivity index (χ3n) is 1.36. The molecule has 4 nitrogen and oxygen atoms in total. The highest BCUT2D eigenvalue weighted by Crippen LogP contribution is 2.20. The number of hydrogen-bond acceptors (Lipinski definition) is 3. The molecule has 0 saturated heterocycles. The first-order valence-electron chi connectivity index (χ1n) is 4.07. The van der Waals surface area contributed by atoms with E-state index in [4.69, 9.17) is 0 Å². The molecular weight excluding hydrogens is 295 g/mol. The van der Waals surface area contributed by atoms with Gasteiger partial charge in [-0.3, -0.25) is 0 Å². The van der Waals surface area contributed by atoms with Gasteiger partial charge in [-0.1, -0.05) is 17.2 Å². The minimum atomic E-state index is -0.660. The number of ether oxygens (including phenoxy) is 1. The number of amides is 1. The van der Waals surface area contributed by atoms with Crippen molar-refractivity contribution in [3.05, 3.63) is 27.8 Å². The van der Waals surface area contributed by atoms with Crippen molar-refractivity contribution in [2.75, 3.05) is 6.61 Å². The lowest BCUT2D eigenvalue weighted by molar-refractivity contribution is 0.162. The summed E-state index contributed by atoms with van der Waals surface area (Å²) in [5, 5.41) is 7.17. The number of carbonyl (C=O) groups excluding carboxylic acids is 1. The molecule has 0 spiro atoms. The van der Waals surface area contributed by atoms with E-state index < -0.39 is 6.09 Å². The molecule has 14 heavy (non-hydrogen) atoms. The first-order valence-corrected chi connectivity index (χ1v) is 5.15. The van der Waals surface area contributed by atoms with Gasteiger partial charge in [0.25, 0.3) is 0 Å². The van der Waals surface area contributed by atoms with Crippen LogP contribution in [-0.4, -0.2) is 12.7 Å². The van der Waals surface area contributed by atoms with E-state index in [1.165, 1.54) is 0 Å². The van der Waals surface area contributed by atoms with Crippen molar-refractivity contribution in [2.45, 2.75) is 6.92 Å². The summed E-state index contributed by atoms with van der Waals surface area (Å²) in [4.78, 5) is 10.8. The van der Waals surface area contributed by atoms with Crippen molar-refractivity contribution in [1.29, 1.82) is 0 Å². The molecular formula is C9H9IN2O2. The number of rotatable bonds is 2. The molecule has 0 atom stereocenters. The van der Waals surface area contributed by atoms with Crippen LogP contribution in [-0.2, 0) is 4.74 Å². The highest BCUT2D eigenvalue weighted by Gasteiger charge is 1.98. The number of hydrogen-bond donors (Lipinski definition) is 0. The Labute approximate surface area is 95.5 Å². The van der Waals surface area contributed by atoms with Crippen molar-refractivity contribution in [1.82, 2.24) is 0 Å². The second-order valence-corrected chi connectivity index (χ2v) is 3.51. The number of halogens is 1. The molecule has 1 aromatic rings. The predicted octanol–water partition coefficient (Wildman–Crippen LogP) is 3.53. The Morgan fingerprint density at radius 2 is 2.21 bits per heavy atom. The molecule has 0 heterocycles. The van der Waals surface area contributed by atoms with Crippen LogP contribution in [0.3, 0.4) is 0 Å². The standard InChI is InChI=1S/C9H9IN2O2/c1-2-14-9(13)12-11-8-6-4-3-5-7(8)10/h3-6H,2H2,1H3. The third kappa shape index (κ3) is 3.41. The molecule has 0 fully saturated rings. The van der Waals surface area contributed by atoms with Crippen LogP contribution in [0.15, 0.2) is 34.5 Å². The summed E-state index contributed by atoms with van der Waals surface area (Å²) in [5.41, 5.74) is 0.668. The lowest BCUT2D eigenvalue weighted by Gasteiger charge is -1.95. The predicted molar refractivity (Wildman–Crippen MR) is 60.7 cm³/mol. The highest BCUT2D eigenvalue weighted by molar-refractivity contribution is 14.1. The van der Waals surface area contributed by atoms with Gasteiger partial charge >= 0.3 is 6.09 Å². The average molecular weight is 304 g/mol. The molecule has 1 amide bonds. The van der Waals surface area contributed by atoms with E-state index in [1.807, 2.05) is 18.2 Å².